The van der Waals surface area contributed by atoms with Crippen LogP contribution in [-0.2, 0) is 16.6 Å². The van der Waals surface area contributed by atoms with E-state index in [-0.39, 0.29) is 4.90 Å². The third kappa shape index (κ3) is 7.53. The molecule has 0 bridgehead atoms. The Morgan fingerprint density at radius 3 is 2.43 bits per heavy atom. The van der Waals surface area contributed by atoms with E-state index >= 15 is 0 Å². The van der Waals surface area contributed by atoms with E-state index in [1.54, 1.807) is 30.8 Å². The molecule has 1 heterocycles. The molecule has 0 spiro atoms. The molecule has 1 atom stereocenters. The van der Waals surface area contributed by atoms with Crippen molar-refractivity contribution in [2.75, 3.05) is 26.4 Å². The van der Waals surface area contributed by atoms with E-state index < -0.39 is 16.1 Å². The first-order chi connectivity index (χ1) is 14.2. The average Bonchev–Trinajstić information content (AvgIpc) is 3.10. The predicted molar refractivity (Wildman–Crippen MR) is 124 cm³/mol. The smallest absolute Gasteiger partial charge is 0.241 e. The molecule has 0 aliphatic rings. The highest BCUT2D eigenvalue weighted by Crippen LogP contribution is 2.23. The molecule has 0 radical (unpaired) electrons. The van der Waals surface area contributed by atoms with Crippen LogP contribution in [0.1, 0.15) is 51.4 Å². The molecule has 30 heavy (non-hydrogen) atoms. The summed E-state index contributed by atoms with van der Waals surface area (Å²) in [5, 5.41) is 9.89. The number of hydrogen-bond donors (Lipinski definition) is 1. The fourth-order valence-corrected chi connectivity index (χ4v) is 5.37. The van der Waals surface area contributed by atoms with E-state index in [1.165, 1.54) is 31.4 Å². The molecule has 168 valence electrons. The fraction of sp³-hybridized carbons (Fsp3) is 0.600. The lowest BCUT2D eigenvalue weighted by Crippen LogP contribution is -2.29. The van der Waals surface area contributed by atoms with Crippen molar-refractivity contribution < 1.29 is 8.42 Å². The second-order valence-corrected chi connectivity index (χ2v) is 10.7. The van der Waals surface area contributed by atoms with E-state index in [0.29, 0.717) is 17.4 Å². The Balaban J connectivity index is 1.93. The number of rotatable bonds is 13. The molecule has 0 amide bonds. The van der Waals surface area contributed by atoms with Gasteiger partial charge in [-0.1, -0.05) is 36.2 Å². The van der Waals surface area contributed by atoms with Crippen molar-refractivity contribution in [2.24, 2.45) is 0 Å². The predicted octanol–water partition coefficient (Wildman–Crippen LogP) is 4.21. The number of nitrogens with one attached hydrogen (secondary N) is 1. The van der Waals surface area contributed by atoms with Crippen LogP contribution >= 0.6 is 23.4 Å². The molecule has 0 saturated carbocycles. The highest BCUT2D eigenvalue weighted by molar-refractivity contribution is 7.99. The minimum absolute atomic E-state index is 0.171. The van der Waals surface area contributed by atoms with Gasteiger partial charge in [-0.3, -0.25) is 0 Å². The van der Waals surface area contributed by atoms with Crippen molar-refractivity contribution in [2.45, 2.75) is 62.2 Å². The highest BCUT2D eigenvalue weighted by Gasteiger charge is 2.23. The van der Waals surface area contributed by atoms with Crippen molar-refractivity contribution >= 4 is 33.4 Å². The quantitative estimate of drug-likeness (QED) is 0.347. The van der Waals surface area contributed by atoms with E-state index in [4.69, 9.17) is 11.6 Å². The van der Waals surface area contributed by atoms with Crippen LogP contribution in [0.3, 0.4) is 0 Å². The third-order valence-electron chi connectivity index (χ3n) is 4.64. The summed E-state index contributed by atoms with van der Waals surface area (Å²) >= 11 is 7.53. The number of unbranched alkanes of at least 4 members (excludes halogenated alkanes) is 3. The van der Waals surface area contributed by atoms with Gasteiger partial charge in [0, 0.05) is 17.3 Å². The van der Waals surface area contributed by atoms with Crippen molar-refractivity contribution in [1.29, 1.82) is 0 Å². The zero-order chi connectivity index (χ0) is 22.1. The summed E-state index contributed by atoms with van der Waals surface area (Å²) in [4.78, 5) is 2.38. The van der Waals surface area contributed by atoms with Crippen LogP contribution in [-0.4, -0.2) is 54.5 Å². The van der Waals surface area contributed by atoms with Gasteiger partial charge in [-0.15, -0.1) is 10.2 Å². The Labute approximate surface area is 189 Å². The van der Waals surface area contributed by atoms with Gasteiger partial charge in [0.05, 0.1) is 10.9 Å². The molecule has 10 heteroatoms. The van der Waals surface area contributed by atoms with Crippen LogP contribution in [0, 0.1) is 0 Å². The maximum Gasteiger partial charge on any atom is 0.241 e. The van der Waals surface area contributed by atoms with Gasteiger partial charge in [0.25, 0.3) is 0 Å². The SMILES string of the molecule is CCn1c(SCCCCCCN(C)C)nnc1[C@@H](C)NS(=O)(=O)c1ccc(Cl)cc1. The summed E-state index contributed by atoms with van der Waals surface area (Å²) < 4.78 is 30.0. The van der Waals surface area contributed by atoms with E-state index in [0.717, 1.165) is 23.9 Å². The number of thioether (sulfide) groups is 1. The van der Waals surface area contributed by atoms with Crippen molar-refractivity contribution in [3.8, 4) is 0 Å². The van der Waals surface area contributed by atoms with Crippen molar-refractivity contribution in [1.82, 2.24) is 24.4 Å². The molecule has 0 saturated heterocycles. The Kier molecular flexibility index (Phi) is 10.1. The molecule has 0 unspecified atom stereocenters. The Hall–Kier alpha value is -1.13. The van der Waals surface area contributed by atoms with Gasteiger partial charge in [0.2, 0.25) is 10.0 Å². The number of sulfonamides is 1. The van der Waals surface area contributed by atoms with Crippen LogP contribution < -0.4 is 4.72 Å². The van der Waals surface area contributed by atoms with Crippen LogP contribution in [0.4, 0.5) is 0 Å². The number of hydrogen-bond acceptors (Lipinski definition) is 6. The summed E-state index contributed by atoms with van der Waals surface area (Å²) in [6, 6.07) is 5.59. The van der Waals surface area contributed by atoms with Gasteiger partial charge in [-0.25, -0.2) is 13.1 Å². The molecule has 0 aliphatic carbocycles. The van der Waals surface area contributed by atoms with E-state index in [2.05, 4.69) is 33.9 Å². The molecule has 1 aromatic carbocycles. The first-order valence-corrected chi connectivity index (χ1v) is 13.1. The fourth-order valence-electron chi connectivity index (χ4n) is 3.04. The maximum absolute atomic E-state index is 12.7. The molecule has 0 aliphatic heterocycles. The minimum atomic E-state index is -3.68. The standard InChI is InChI=1S/C20H32ClN5O2S2/c1-5-26-19(16(2)24-30(27,28)18-12-10-17(21)11-13-18)22-23-20(26)29-15-9-7-6-8-14-25(3)4/h10-13,16,24H,5-9,14-15H2,1-4H3/t16-/m1/s1. The summed E-state index contributed by atoms with van der Waals surface area (Å²) in [6.45, 7) is 5.60. The first kappa shape index (κ1) is 25.1. The van der Waals surface area contributed by atoms with Gasteiger partial charge in [-0.2, -0.15) is 0 Å². The van der Waals surface area contributed by atoms with Crippen LogP contribution in [0.15, 0.2) is 34.3 Å². The lowest BCUT2D eigenvalue weighted by atomic mass is 10.2. The second-order valence-electron chi connectivity index (χ2n) is 7.45. The van der Waals surface area contributed by atoms with Gasteiger partial charge >= 0.3 is 0 Å². The van der Waals surface area contributed by atoms with Gasteiger partial charge in [0.1, 0.15) is 0 Å². The molecular weight excluding hydrogens is 442 g/mol. The van der Waals surface area contributed by atoms with Crippen LogP contribution in [0.2, 0.25) is 5.02 Å². The lowest BCUT2D eigenvalue weighted by Gasteiger charge is -2.15. The lowest BCUT2D eigenvalue weighted by molar-refractivity contribution is 0.391. The van der Waals surface area contributed by atoms with Gasteiger partial charge in [-0.05, 0) is 71.6 Å². The first-order valence-electron chi connectivity index (χ1n) is 10.2. The summed E-state index contributed by atoms with van der Waals surface area (Å²) in [7, 11) is 0.521. The van der Waals surface area contributed by atoms with E-state index in [9.17, 15) is 8.42 Å². The number of aromatic nitrogens is 3. The summed E-state index contributed by atoms with van der Waals surface area (Å²) in [5.41, 5.74) is 0. The average molecular weight is 474 g/mol. The van der Waals surface area contributed by atoms with Crippen LogP contribution in [0.5, 0.6) is 0 Å². The molecule has 7 nitrogen and oxygen atoms in total. The largest absolute Gasteiger partial charge is 0.309 e. The Morgan fingerprint density at radius 2 is 1.80 bits per heavy atom. The van der Waals surface area contributed by atoms with Crippen molar-refractivity contribution in [3.63, 3.8) is 0 Å². The van der Waals surface area contributed by atoms with Crippen molar-refractivity contribution in [3.05, 3.63) is 35.1 Å². The normalized spacial score (nSPS) is 13.1. The topological polar surface area (TPSA) is 80.1 Å². The minimum Gasteiger partial charge on any atom is -0.309 e. The number of nitrogens with zero attached hydrogens (tertiary/aromatic N) is 4. The highest BCUT2D eigenvalue weighted by atomic mass is 35.5. The number of benzene rings is 1. The summed E-state index contributed by atoms with van der Waals surface area (Å²) in [5.74, 6) is 1.59. The van der Waals surface area contributed by atoms with Gasteiger partial charge in [0.15, 0.2) is 11.0 Å². The zero-order valence-electron chi connectivity index (χ0n) is 18.1. The van der Waals surface area contributed by atoms with E-state index in [1.807, 2.05) is 11.5 Å². The molecule has 1 aromatic heterocycles. The van der Waals surface area contributed by atoms with Crippen LogP contribution in [0.25, 0.3) is 0 Å². The number of halogens is 1. The molecular formula is C20H32ClN5O2S2. The third-order valence-corrected chi connectivity index (χ3v) is 7.50. The molecule has 2 rings (SSSR count). The molecule has 0 fully saturated rings. The Bertz CT molecular complexity index is 885. The molecule has 1 N–H and O–H groups in total. The van der Waals surface area contributed by atoms with Gasteiger partial charge < -0.3 is 9.47 Å². The zero-order valence-corrected chi connectivity index (χ0v) is 20.5. The maximum atomic E-state index is 12.7. The summed E-state index contributed by atoms with van der Waals surface area (Å²) in [6.07, 6.45) is 4.78. The second kappa shape index (κ2) is 12.0. The Morgan fingerprint density at radius 1 is 1.13 bits per heavy atom. The monoisotopic (exact) mass is 473 g/mol. The molecule has 2 aromatic rings.